The minimum Gasteiger partial charge on any atom is -0.397 e. The summed E-state index contributed by atoms with van der Waals surface area (Å²) < 4.78 is 1.42. The molecule has 2 aromatic heterocycles. The van der Waals surface area contributed by atoms with Crippen LogP contribution in [-0.2, 0) is 7.05 Å². The molecule has 2 aromatic rings. The molecular formula is C8H9N5OS. The molecular weight excluding hydrogens is 214 g/mol. The maximum absolute atomic E-state index is 11.1. The number of hydrogen-bond acceptors (Lipinski definition) is 5. The van der Waals surface area contributed by atoms with Gasteiger partial charge in [-0.1, -0.05) is 0 Å². The molecule has 0 aliphatic heterocycles. The molecule has 0 aliphatic carbocycles. The number of nitrogens with one attached hydrogen (secondary N) is 1. The number of anilines is 1. The van der Waals surface area contributed by atoms with Gasteiger partial charge in [0.1, 0.15) is 0 Å². The number of nitrogen functional groups attached to an aromatic ring is 1. The number of H-pyrrole nitrogens is 1. The fourth-order valence-electron chi connectivity index (χ4n) is 1.01. The second-order valence-electron chi connectivity index (χ2n) is 2.89. The first-order chi connectivity index (χ1) is 7.18. The zero-order valence-corrected chi connectivity index (χ0v) is 8.78. The van der Waals surface area contributed by atoms with E-state index in [4.69, 9.17) is 5.73 Å². The third kappa shape index (κ3) is 1.86. The minimum absolute atomic E-state index is 0.245. The van der Waals surface area contributed by atoms with Crippen molar-refractivity contribution in [1.29, 1.82) is 0 Å². The highest BCUT2D eigenvalue weighted by atomic mass is 32.2. The Kier molecular flexibility index (Phi) is 2.46. The summed E-state index contributed by atoms with van der Waals surface area (Å²) in [5.41, 5.74) is 6.04. The average Bonchev–Trinajstić information content (AvgIpc) is 2.53. The van der Waals surface area contributed by atoms with E-state index in [-0.39, 0.29) is 5.69 Å². The van der Waals surface area contributed by atoms with Crippen LogP contribution in [0.15, 0.2) is 33.3 Å². The van der Waals surface area contributed by atoms with Crippen molar-refractivity contribution in [2.45, 2.75) is 10.1 Å². The first kappa shape index (κ1) is 9.78. The second-order valence-corrected chi connectivity index (χ2v) is 3.90. The van der Waals surface area contributed by atoms with Gasteiger partial charge in [0.2, 0.25) is 0 Å². The second kappa shape index (κ2) is 3.77. The fourth-order valence-corrected chi connectivity index (χ4v) is 1.82. The predicted octanol–water partition coefficient (Wildman–Crippen LogP) is 0.237. The van der Waals surface area contributed by atoms with Crippen molar-refractivity contribution in [3.05, 3.63) is 28.9 Å². The lowest BCUT2D eigenvalue weighted by Gasteiger charge is -2.02. The molecule has 0 bridgehead atoms. The number of nitrogens with two attached hydrogens (primary N) is 1. The topological polar surface area (TPSA) is 89.6 Å². The van der Waals surface area contributed by atoms with Crippen LogP contribution in [0.4, 0.5) is 5.69 Å². The van der Waals surface area contributed by atoms with Gasteiger partial charge >= 0.3 is 5.69 Å². The van der Waals surface area contributed by atoms with E-state index >= 15 is 0 Å². The van der Waals surface area contributed by atoms with Crippen molar-refractivity contribution in [2.75, 3.05) is 5.73 Å². The molecule has 0 aliphatic rings. The lowest BCUT2D eigenvalue weighted by molar-refractivity contribution is 0.766. The van der Waals surface area contributed by atoms with Crippen molar-refractivity contribution in [1.82, 2.24) is 19.7 Å². The van der Waals surface area contributed by atoms with Crippen LogP contribution in [0.1, 0.15) is 0 Å². The van der Waals surface area contributed by atoms with Crippen LogP contribution in [0.25, 0.3) is 0 Å². The molecule has 2 heterocycles. The Bertz CT molecular complexity index is 532. The quantitative estimate of drug-likeness (QED) is 0.761. The Morgan fingerprint density at radius 1 is 1.60 bits per heavy atom. The Balaban J connectivity index is 2.34. The smallest absolute Gasteiger partial charge is 0.343 e. The van der Waals surface area contributed by atoms with Gasteiger partial charge in [0.25, 0.3) is 0 Å². The van der Waals surface area contributed by atoms with Crippen molar-refractivity contribution in [2.24, 2.45) is 7.05 Å². The van der Waals surface area contributed by atoms with Crippen LogP contribution >= 0.6 is 11.8 Å². The summed E-state index contributed by atoms with van der Waals surface area (Å²) in [5, 5.41) is 6.79. The van der Waals surface area contributed by atoms with Gasteiger partial charge in [-0.25, -0.2) is 9.89 Å². The molecule has 0 saturated heterocycles. The molecule has 2 rings (SSSR count). The highest BCUT2D eigenvalue weighted by Gasteiger charge is 2.07. The molecule has 0 aromatic carbocycles. The number of aromatic nitrogens is 4. The number of hydrogen-bond donors (Lipinski definition) is 2. The van der Waals surface area contributed by atoms with Crippen molar-refractivity contribution < 1.29 is 0 Å². The third-order valence-electron chi connectivity index (χ3n) is 1.85. The molecule has 3 N–H and O–H groups in total. The van der Waals surface area contributed by atoms with Gasteiger partial charge in [-0.2, -0.15) is 0 Å². The van der Waals surface area contributed by atoms with Crippen molar-refractivity contribution in [3.8, 4) is 0 Å². The molecule has 6 nitrogen and oxygen atoms in total. The van der Waals surface area contributed by atoms with E-state index in [0.717, 1.165) is 4.90 Å². The molecule has 0 atom stereocenters. The zero-order valence-electron chi connectivity index (χ0n) is 7.97. The Labute approximate surface area is 89.5 Å². The van der Waals surface area contributed by atoms with Crippen LogP contribution in [0, 0.1) is 0 Å². The van der Waals surface area contributed by atoms with Gasteiger partial charge in [0.15, 0.2) is 5.16 Å². The van der Waals surface area contributed by atoms with E-state index < -0.39 is 0 Å². The Morgan fingerprint density at radius 2 is 2.40 bits per heavy atom. The van der Waals surface area contributed by atoms with Gasteiger partial charge in [-0.05, 0) is 17.8 Å². The average molecular weight is 223 g/mol. The monoisotopic (exact) mass is 223 g/mol. The minimum atomic E-state index is -0.245. The fraction of sp³-hybridized carbons (Fsp3) is 0.125. The van der Waals surface area contributed by atoms with Gasteiger partial charge in [-0.3, -0.25) is 9.55 Å². The summed E-state index contributed by atoms with van der Waals surface area (Å²) in [6.45, 7) is 0. The molecule has 78 valence electrons. The largest absolute Gasteiger partial charge is 0.397 e. The molecule has 15 heavy (non-hydrogen) atoms. The molecule has 0 radical (unpaired) electrons. The predicted molar refractivity (Wildman–Crippen MR) is 56.6 cm³/mol. The number of nitrogens with zero attached hydrogens (tertiary/aromatic N) is 3. The van der Waals surface area contributed by atoms with E-state index in [9.17, 15) is 4.79 Å². The summed E-state index contributed by atoms with van der Waals surface area (Å²) in [5.74, 6) is 0. The summed E-state index contributed by atoms with van der Waals surface area (Å²) in [6, 6.07) is 1.78. The SMILES string of the molecule is Cn1c(Sc2ccncc2N)n[nH]c1=O. The van der Waals surface area contributed by atoms with E-state index in [2.05, 4.69) is 15.2 Å². The van der Waals surface area contributed by atoms with Gasteiger partial charge in [-0.15, -0.1) is 5.10 Å². The zero-order chi connectivity index (χ0) is 10.8. The maximum atomic E-state index is 11.1. The van der Waals surface area contributed by atoms with E-state index in [1.807, 2.05) is 0 Å². The number of aromatic amines is 1. The summed E-state index contributed by atoms with van der Waals surface area (Å²) in [7, 11) is 1.64. The lowest BCUT2D eigenvalue weighted by Crippen LogP contribution is -2.12. The summed E-state index contributed by atoms with van der Waals surface area (Å²) >= 11 is 1.32. The number of rotatable bonds is 2. The van der Waals surface area contributed by atoms with Crippen molar-refractivity contribution >= 4 is 17.4 Å². The van der Waals surface area contributed by atoms with E-state index in [0.29, 0.717) is 10.8 Å². The van der Waals surface area contributed by atoms with Crippen LogP contribution in [-0.4, -0.2) is 19.7 Å². The summed E-state index contributed by atoms with van der Waals surface area (Å²) in [4.78, 5) is 15.8. The normalized spacial score (nSPS) is 10.5. The molecule has 0 unspecified atom stereocenters. The summed E-state index contributed by atoms with van der Waals surface area (Å²) in [6.07, 6.45) is 3.20. The molecule has 7 heteroatoms. The number of pyridine rings is 1. The van der Waals surface area contributed by atoms with Gasteiger partial charge in [0.05, 0.1) is 11.9 Å². The van der Waals surface area contributed by atoms with Crippen LogP contribution in [0.2, 0.25) is 0 Å². The highest BCUT2D eigenvalue weighted by molar-refractivity contribution is 7.99. The molecule has 0 spiro atoms. The standard InChI is InChI=1S/C8H9N5OS/c1-13-7(14)11-12-8(13)15-6-2-3-10-4-5(6)9/h2-4H,9H2,1H3,(H,11,14). The third-order valence-corrected chi connectivity index (χ3v) is 2.99. The molecule has 0 fully saturated rings. The first-order valence-corrected chi connectivity index (χ1v) is 4.99. The van der Waals surface area contributed by atoms with E-state index in [1.165, 1.54) is 16.3 Å². The lowest BCUT2D eigenvalue weighted by atomic mass is 10.4. The molecule has 0 saturated carbocycles. The van der Waals surface area contributed by atoms with Crippen LogP contribution in [0.5, 0.6) is 0 Å². The van der Waals surface area contributed by atoms with Crippen LogP contribution < -0.4 is 11.4 Å². The molecule has 0 amide bonds. The Morgan fingerprint density at radius 3 is 3.00 bits per heavy atom. The Hall–Kier alpha value is -1.76. The van der Waals surface area contributed by atoms with Gasteiger partial charge in [0, 0.05) is 18.1 Å². The van der Waals surface area contributed by atoms with Gasteiger partial charge < -0.3 is 5.73 Å². The maximum Gasteiger partial charge on any atom is 0.343 e. The first-order valence-electron chi connectivity index (χ1n) is 4.17. The van der Waals surface area contributed by atoms with E-state index in [1.54, 1.807) is 25.5 Å². The van der Waals surface area contributed by atoms with Crippen molar-refractivity contribution in [3.63, 3.8) is 0 Å². The van der Waals surface area contributed by atoms with Crippen LogP contribution in [0.3, 0.4) is 0 Å². The highest BCUT2D eigenvalue weighted by Crippen LogP contribution is 2.28.